The SMILES string of the molecule is CN(C)C(=O)OCC1Cn2nc3c(c2C(=O)N(C)O1)CN(C(=O)Nc1ccc(F)c(Cl)c1)CC3. The van der Waals surface area contributed by atoms with Crippen LogP contribution in [0.25, 0.3) is 0 Å². The van der Waals surface area contributed by atoms with E-state index in [1.54, 1.807) is 18.8 Å². The lowest BCUT2D eigenvalue weighted by molar-refractivity contribution is -0.160. The van der Waals surface area contributed by atoms with Crippen LogP contribution in [0.2, 0.25) is 5.02 Å². The highest BCUT2D eigenvalue weighted by atomic mass is 35.5. The Morgan fingerprint density at radius 2 is 2.15 bits per heavy atom. The first kappa shape index (κ1) is 23.8. The van der Waals surface area contributed by atoms with Gasteiger partial charge in [0.2, 0.25) is 0 Å². The van der Waals surface area contributed by atoms with Crippen LogP contribution in [0.15, 0.2) is 18.2 Å². The van der Waals surface area contributed by atoms with E-state index in [4.69, 9.17) is 21.2 Å². The quantitative estimate of drug-likeness (QED) is 0.701. The number of nitrogens with one attached hydrogen (secondary N) is 1. The minimum absolute atomic E-state index is 0.0621. The average Bonchev–Trinajstić information content (AvgIpc) is 3.10. The van der Waals surface area contributed by atoms with E-state index in [2.05, 4.69) is 10.4 Å². The van der Waals surface area contributed by atoms with E-state index in [0.717, 1.165) is 10.8 Å². The third kappa shape index (κ3) is 4.77. The van der Waals surface area contributed by atoms with Gasteiger partial charge in [-0.1, -0.05) is 11.6 Å². The van der Waals surface area contributed by atoms with Gasteiger partial charge < -0.3 is 19.9 Å². The fourth-order valence-electron chi connectivity index (χ4n) is 3.77. The molecule has 0 radical (unpaired) electrons. The van der Waals surface area contributed by atoms with Gasteiger partial charge in [0.1, 0.15) is 24.2 Å². The molecule has 4 rings (SSSR count). The van der Waals surface area contributed by atoms with Gasteiger partial charge >= 0.3 is 12.1 Å². The molecule has 11 nitrogen and oxygen atoms in total. The van der Waals surface area contributed by atoms with Crippen molar-refractivity contribution in [1.29, 1.82) is 0 Å². The van der Waals surface area contributed by atoms with Crippen molar-refractivity contribution in [3.8, 4) is 0 Å². The number of ether oxygens (including phenoxy) is 1. The summed E-state index contributed by atoms with van der Waals surface area (Å²) < 4.78 is 20.2. The second-order valence-electron chi connectivity index (χ2n) is 8.19. The van der Waals surface area contributed by atoms with Crippen LogP contribution in [0.4, 0.5) is 19.7 Å². The largest absolute Gasteiger partial charge is 0.446 e. The average molecular weight is 495 g/mol. The summed E-state index contributed by atoms with van der Waals surface area (Å²) in [4.78, 5) is 46.1. The van der Waals surface area contributed by atoms with Crippen LogP contribution < -0.4 is 5.32 Å². The third-order valence-electron chi connectivity index (χ3n) is 5.49. The van der Waals surface area contributed by atoms with Crippen LogP contribution in [0.3, 0.4) is 0 Å². The van der Waals surface area contributed by atoms with Crippen molar-refractivity contribution in [1.82, 2.24) is 24.6 Å². The van der Waals surface area contributed by atoms with Crippen LogP contribution in [0.1, 0.15) is 21.7 Å². The predicted octanol–water partition coefficient (Wildman–Crippen LogP) is 2.35. The third-order valence-corrected chi connectivity index (χ3v) is 5.78. The van der Waals surface area contributed by atoms with Crippen LogP contribution in [0, 0.1) is 5.82 Å². The Morgan fingerprint density at radius 3 is 2.85 bits per heavy atom. The Balaban J connectivity index is 1.51. The molecule has 0 saturated carbocycles. The van der Waals surface area contributed by atoms with Gasteiger partial charge in [-0.05, 0) is 18.2 Å². The van der Waals surface area contributed by atoms with E-state index in [1.807, 2.05) is 0 Å². The molecule has 3 heterocycles. The van der Waals surface area contributed by atoms with Crippen molar-refractivity contribution >= 4 is 35.3 Å². The first-order chi connectivity index (χ1) is 16.1. The number of benzene rings is 1. The zero-order valence-electron chi connectivity index (χ0n) is 18.9. The van der Waals surface area contributed by atoms with Gasteiger partial charge in [0.25, 0.3) is 5.91 Å². The molecule has 1 atom stereocenters. The molecule has 0 fully saturated rings. The molecule has 2 aromatic rings. The van der Waals surface area contributed by atoms with E-state index in [0.29, 0.717) is 29.9 Å². The van der Waals surface area contributed by atoms with Gasteiger partial charge in [-0.25, -0.2) is 19.0 Å². The van der Waals surface area contributed by atoms with E-state index < -0.39 is 30.0 Å². The van der Waals surface area contributed by atoms with Crippen LogP contribution in [-0.4, -0.2) is 83.1 Å². The highest BCUT2D eigenvalue weighted by molar-refractivity contribution is 6.31. The standard InChI is InChI=1S/C21H24ClFN6O5/c1-26(2)21(32)33-11-13-9-29-18(19(30)27(3)34-13)14-10-28(7-6-17(14)25-29)20(31)24-12-4-5-16(23)15(22)8-12/h4-5,8,13H,6-7,9-11H2,1-3H3,(H,24,31). The second-order valence-corrected chi connectivity index (χ2v) is 8.60. The Kier molecular flexibility index (Phi) is 6.62. The number of hydroxylamine groups is 2. The smallest absolute Gasteiger partial charge is 0.409 e. The van der Waals surface area contributed by atoms with Gasteiger partial charge in [0.05, 0.1) is 23.8 Å². The molecule has 0 spiro atoms. The first-order valence-electron chi connectivity index (χ1n) is 10.5. The van der Waals surface area contributed by atoms with E-state index in [9.17, 15) is 18.8 Å². The maximum Gasteiger partial charge on any atom is 0.409 e. The minimum Gasteiger partial charge on any atom is -0.446 e. The molecule has 34 heavy (non-hydrogen) atoms. The molecule has 2 aliphatic rings. The Hall–Kier alpha value is -3.38. The van der Waals surface area contributed by atoms with Crippen molar-refractivity contribution in [2.75, 3.05) is 39.6 Å². The summed E-state index contributed by atoms with van der Waals surface area (Å²) in [7, 11) is 4.61. The lowest BCUT2D eigenvalue weighted by Gasteiger charge is -2.27. The summed E-state index contributed by atoms with van der Waals surface area (Å²) in [6.45, 7) is 0.673. The zero-order chi connectivity index (χ0) is 24.6. The number of fused-ring (bicyclic) bond motifs is 3. The van der Waals surface area contributed by atoms with E-state index >= 15 is 0 Å². The number of carbonyl (C=O) groups is 3. The van der Waals surface area contributed by atoms with Crippen molar-refractivity contribution in [2.24, 2.45) is 0 Å². The summed E-state index contributed by atoms with van der Waals surface area (Å²) in [5, 5.41) is 8.26. The number of urea groups is 1. The maximum absolute atomic E-state index is 13.4. The molecule has 0 bridgehead atoms. The Labute approximate surface area is 199 Å². The predicted molar refractivity (Wildman–Crippen MR) is 119 cm³/mol. The number of hydrogen-bond donors (Lipinski definition) is 1. The van der Waals surface area contributed by atoms with E-state index in [1.165, 1.54) is 35.0 Å². The van der Waals surface area contributed by atoms with Crippen molar-refractivity contribution < 1.29 is 28.3 Å². The Morgan fingerprint density at radius 1 is 1.38 bits per heavy atom. The molecular formula is C21H24ClFN6O5. The maximum atomic E-state index is 13.4. The molecule has 1 aromatic heterocycles. The summed E-state index contributed by atoms with van der Waals surface area (Å²) in [6.07, 6.45) is -0.695. The normalized spacial score (nSPS) is 17.6. The molecule has 13 heteroatoms. The fourth-order valence-corrected chi connectivity index (χ4v) is 3.95. The van der Waals surface area contributed by atoms with Gasteiger partial charge in [-0.15, -0.1) is 0 Å². The van der Waals surface area contributed by atoms with E-state index in [-0.39, 0.29) is 24.7 Å². The van der Waals surface area contributed by atoms with Gasteiger partial charge in [-0.2, -0.15) is 5.10 Å². The second kappa shape index (κ2) is 9.47. The number of carbonyl (C=O) groups excluding carboxylic acids is 3. The van der Waals surface area contributed by atoms with Gasteiger partial charge in [-0.3, -0.25) is 14.3 Å². The molecule has 0 aliphatic carbocycles. The molecule has 1 aromatic carbocycles. The van der Waals surface area contributed by atoms with Crippen molar-refractivity contribution in [2.45, 2.75) is 25.6 Å². The lowest BCUT2D eigenvalue weighted by Crippen LogP contribution is -2.39. The number of nitrogens with zero attached hydrogens (tertiary/aromatic N) is 5. The van der Waals surface area contributed by atoms with Crippen molar-refractivity contribution in [3.05, 3.63) is 46.0 Å². The number of hydrogen-bond acceptors (Lipinski definition) is 6. The summed E-state index contributed by atoms with van der Waals surface area (Å²) in [5.41, 5.74) is 2.03. The molecular weight excluding hydrogens is 471 g/mol. The van der Waals surface area contributed by atoms with Crippen molar-refractivity contribution in [3.63, 3.8) is 0 Å². The molecule has 1 unspecified atom stereocenters. The summed E-state index contributed by atoms with van der Waals surface area (Å²) in [6, 6.07) is 3.51. The van der Waals surface area contributed by atoms with Gasteiger partial charge in [0.15, 0.2) is 0 Å². The fraction of sp³-hybridized carbons (Fsp3) is 0.429. The topological polar surface area (TPSA) is 109 Å². The highest BCUT2D eigenvalue weighted by Crippen LogP contribution is 2.27. The molecule has 0 saturated heterocycles. The zero-order valence-corrected chi connectivity index (χ0v) is 19.6. The molecule has 2 aliphatic heterocycles. The van der Waals surface area contributed by atoms with Gasteiger partial charge in [0, 0.05) is 45.4 Å². The summed E-state index contributed by atoms with van der Waals surface area (Å²) in [5.74, 6) is -0.993. The number of rotatable bonds is 3. The molecule has 1 N–H and O–H groups in total. The molecule has 4 amide bonds. The Bertz CT molecular complexity index is 1140. The number of anilines is 1. The minimum atomic E-state index is -0.622. The molecule has 182 valence electrons. The van der Waals surface area contributed by atoms with Crippen LogP contribution >= 0.6 is 11.6 Å². The van der Waals surface area contributed by atoms with Crippen LogP contribution in [-0.2, 0) is 29.1 Å². The number of halogens is 2. The van der Waals surface area contributed by atoms with Crippen LogP contribution in [0.5, 0.6) is 0 Å². The summed E-state index contributed by atoms with van der Waals surface area (Å²) >= 11 is 5.79. The number of amides is 4. The lowest BCUT2D eigenvalue weighted by atomic mass is 10.1. The highest BCUT2D eigenvalue weighted by Gasteiger charge is 2.35. The number of aromatic nitrogens is 2. The first-order valence-corrected chi connectivity index (χ1v) is 10.9. The monoisotopic (exact) mass is 494 g/mol.